The fourth-order valence-corrected chi connectivity index (χ4v) is 2.75. The second-order valence-electron chi connectivity index (χ2n) is 5.12. The first-order valence-electron chi connectivity index (χ1n) is 7.48. The van der Waals surface area contributed by atoms with Gasteiger partial charge in [0.15, 0.2) is 0 Å². The molecular formula is C19H18O3. The van der Waals surface area contributed by atoms with E-state index in [1.165, 1.54) is 6.08 Å². The number of allylic oxidation sites excluding steroid dienone is 1. The lowest BCUT2D eigenvalue weighted by molar-refractivity contribution is -0.137. The van der Waals surface area contributed by atoms with Gasteiger partial charge >= 0.3 is 5.97 Å². The normalized spacial score (nSPS) is 13.3. The molecule has 1 aliphatic rings. The number of rotatable bonds is 4. The van der Waals surface area contributed by atoms with Crippen LogP contribution in [0.5, 0.6) is 11.5 Å². The Hall–Kier alpha value is -2.55. The smallest absolute Gasteiger partial charge is 0.330 e. The third-order valence-corrected chi connectivity index (χ3v) is 3.72. The summed E-state index contributed by atoms with van der Waals surface area (Å²) < 4.78 is 10.9. The van der Waals surface area contributed by atoms with Crippen molar-refractivity contribution in [2.24, 2.45) is 0 Å². The molecule has 112 valence electrons. The number of hydrogen-bond acceptors (Lipinski definition) is 3. The second-order valence-corrected chi connectivity index (χ2v) is 5.12. The van der Waals surface area contributed by atoms with Crippen molar-refractivity contribution in [3.63, 3.8) is 0 Å². The van der Waals surface area contributed by atoms with Gasteiger partial charge in [-0.05, 0) is 25.5 Å². The molecule has 1 heterocycles. The van der Waals surface area contributed by atoms with Crippen LogP contribution in [0.3, 0.4) is 0 Å². The fourth-order valence-electron chi connectivity index (χ4n) is 2.75. The summed E-state index contributed by atoms with van der Waals surface area (Å²) in [5, 5.41) is 0. The highest BCUT2D eigenvalue weighted by molar-refractivity contribution is 5.81. The Balaban J connectivity index is 1.88. The molecule has 0 fully saturated rings. The number of hydrogen-bond donors (Lipinski definition) is 0. The first-order chi connectivity index (χ1) is 10.8. The monoisotopic (exact) mass is 294 g/mol. The van der Waals surface area contributed by atoms with Gasteiger partial charge in [0.1, 0.15) is 11.5 Å². The number of esters is 1. The SMILES string of the molecule is CCOC(=O)/C=C\CC1c2ccccc2Oc2ccccc21. The van der Waals surface area contributed by atoms with Crippen molar-refractivity contribution in [1.82, 2.24) is 0 Å². The molecule has 3 heteroatoms. The summed E-state index contributed by atoms with van der Waals surface area (Å²) in [6.45, 7) is 2.20. The van der Waals surface area contributed by atoms with Crippen molar-refractivity contribution in [1.29, 1.82) is 0 Å². The van der Waals surface area contributed by atoms with Crippen molar-refractivity contribution < 1.29 is 14.3 Å². The van der Waals surface area contributed by atoms with Gasteiger partial charge in [0.25, 0.3) is 0 Å². The highest BCUT2D eigenvalue weighted by atomic mass is 16.5. The molecule has 0 bridgehead atoms. The molecule has 3 rings (SSSR count). The summed E-state index contributed by atoms with van der Waals surface area (Å²) in [6.07, 6.45) is 4.11. The summed E-state index contributed by atoms with van der Waals surface area (Å²) in [4.78, 5) is 11.4. The number of fused-ring (bicyclic) bond motifs is 2. The van der Waals surface area contributed by atoms with Crippen LogP contribution in [-0.2, 0) is 9.53 Å². The van der Waals surface area contributed by atoms with Crippen LogP contribution in [0.25, 0.3) is 0 Å². The molecule has 0 unspecified atom stereocenters. The molecular weight excluding hydrogens is 276 g/mol. The highest BCUT2D eigenvalue weighted by Crippen LogP contribution is 2.45. The lowest BCUT2D eigenvalue weighted by Crippen LogP contribution is -2.09. The maximum atomic E-state index is 11.4. The number of benzene rings is 2. The van der Waals surface area contributed by atoms with E-state index in [9.17, 15) is 4.79 Å². The third kappa shape index (κ3) is 2.89. The Labute approximate surface area is 130 Å². The largest absolute Gasteiger partial charge is 0.463 e. The minimum absolute atomic E-state index is 0.187. The van der Waals surface area contributed by atoms with Crippen LogP contribution in [0, 0.1) is 0 Å². The van der Waals surface area contributed by atoms with Crippen molar-refractivity contribution in [2.75, 3.05) is 6.61 Å². The Morgan fingerprint density at radius 3 is 2.27 bits per heavy atom. The van der Waals surface area contributed by atoms with Gasteiger partial charge in [0.2, 0.25) is 0 Å². The highest BCUT2D eigenvalue weighted by Gasteiger charge is 2.25. The first kappa shape index (κ1) is 14.4. The predicted octanol–water partition coefficient (Wildman–Crippen LogP) is 4.43. The van der Waals surface area contributed by atoms with Crippen molar-refractivity contribution in [2.45, 2.75) is 19.3 Å². The van der Waals surface area contributed by atoms with Gasteiger partial charge in [-0.15, -0.1) is 0 Å². The molecule has 2 aromatic rings. The number of carbonyl (C=O) groups excluding carboxylic acids is 1. The van der Waals surface area contributed by atoms with Crippen LogP contribution in [0.15, 0.2) is 60.7 Å². The molecule has 0 saturated heterocycles. The molecule has 0 amide bonds. The Morgan fingerprint density at radius 2 is 1.68 bits per heavy atom. The zero-order chi connectivity index (χ0) is 15.4. The maximum absolute atomic E-state index is 11.4. The molecule has 0 N–H and O–H groups in total. The van der Waals surface area contributed by atoms with E-state index in [4.69, 9.17) is 9.47 Å². The van der Waals surface area contributed by atoms with Crippen LogP contribution in [0.2, 0.25) is 0 Å². The van der Waals surface area contributed by atoms with Crippen LogP contribution in [-0.4, -0.2) is 12.6 Å². The standard InChI is InChI=1S/C19H18O3/c1-2-21-19(20)13-7-10-14-15-8-3-5-11-17(15)22-18-12-6-4-9-16(14)18/h3-9,11-14H,2,10H2,1H3/b13-7-. The zero-order valence-electron chi connectivity index (χ0n) is 12.5. The van der Waals surface area contributed by atoms with Crippen molar-refractivity contribution in [3.8, 4) is 11.5 Å². The molecule has 22 heavy (non-hydrogen) atoms. The van der Waals surface area contributed by atoms with Gasteiger partial charge in [0.05, 0.1) is 6.61 Å². The van der Waals surface area contributed by atoms with Crippen LogP contribution < -0.4 is 4.74 Å². The lowest BCUT2D eigenvalue weighted by atomic mass is 9.85. The molecule has 0 saturated carbocycles. The summed E-state index contributed by atoms with van der Waals surface area (Å²) in [7, 11) is 0. The first-order valence-corrected chi connectivity index (χ1v) is 7.48. The summed E-state index contributed by atoms with van der Waals surface area (Å²) in [5.74, 6) is 1.66. The topological polar surface area (TPSA) is 35.5 Å². The Morgan fingerprint density at radius 1 is 1.09 bits per heavy atom. The second kappa shape index (κ2) is 6.48. The van der Waals surface area contributed by atoms with Gasteiger partial charge in [-0.1, -0.05) is 42.5 Å². The van der Waals surface area contributed by atoms with E-state index >= 15 is 0 Å². The Bertz CT molecular complexity index is 658. The quantitative estimate of drug-likeness (QED) is 0.618. The molecule has 0 aliphatic carbocycles. The molecule has 0 aromatic heterocycles. The van der Waals surface area contributed by atoms with E-state index in [1.807, 2.05) is 42.5 Å². The van der Waals surface area contributed by atoms with Gasteiger partial charge < -0.3 is 9.47 Å². The average Bonchev–Trinajstić information content (AvgIpc) is 2.54. The van der Waals surface area contributed by atoms with E-state index in [1.54, 1.807) is 6.92 Å². The molecule has 1 aliphatic heterocycles. The van der Waals surface area contributed by atoms with Gasteiger partial charge in [0, 0.05) is 23.1 Å². The number of carbonyl (C=O) groups is 1. The van der Waals surface area contributed by atoms with Crippen LogP contribution in [0.4, 0.5) is 0 Å². The molecule has 0 atom stereocenters. The molecule has 2 aromatic carbocycles. The zero-order valence-corrected chi connectivity index (χ0v) is 12.5. The van der Waals surface area contributed by atoms with Crippen molar-refractivity contribution in [3.05, 3.63) is 71.8 Å². The fraction of sp³-hybridized carbons (Fsp3) is 0.211. The average molecular weight is 294 g/mol. The van der Waals surface area contributed by atoms with E-state index < -0.39 is 0 Å². The summed E-state index contributed by atoms with van der Waals surface area (Å²) in [6, 6.07) is 16.1. The molecule has 0 radical (unpaired) electrons. The van der Waals surface area contributed by atoms with E-state index in [0.29, 0.717) is 6.61 Å². The third-order valence-electron chi connectivity index (χ3n) is 3.72. The van der Waals surface area contributed by atoms with E-state index in [-0.39, 0.29) is 11.9 Å². The van der Waals surface area contributed by atoms with E-state index in [0.717, 1.165) is 29.0 Å². The summed E-state index contributed by atoms with van der Waals surface area (Å²) in [5.41, 5.74) is 2.30. The molecule has 3 nitrogen and oxygen atoms in total. The van der Waals surface area contributed by atoms with Crippen LogP contribution >= 0.6 is 0 Å². The van der Waals surface area contributed by atoms with Gasteiger partial charge in [-0.25, -0.2) is 4.79 Å². The number of ether oxygens (including phenoxy) is 2. The maximum Gasteiger partial charge on any atom is 0.330 e. The summed E-state index contributed by atoms with van der Waals surface area (Å²) >= 11 is 0. The Kier molecular flexibility index (Phi) is 4.24. The van der Waals surface area contributed by atoms with Crippen LogP contribution in [0.1, 0.15) is 30.4 Å². The number of para-hydroxylation sites is 2. The van der Waals surface area contributed by atoms with Gasteiger partial charge in [-0.3, -0.25) is 0 Å². The minimum Gasteiger partial charge on any atom is -0.463 e. The predicted molar refractivity (Wildman–Crippen MR) is 85.2 cm³/mol. The van der Waals surface area contributed by atoms with Gasteiger partial charge in [-0.2, -0.15) is 0 Å². The molecule has 0 spiro atoms. The lowest BCUT2D eigenvalue weighted by Gasteiger charge is -2.27. The van der Waals surface area contributed by atoms with E-state index in [2.05, 4.69) is 12.1 Å². The minimum atomic E-state index is -0.295. The van der Waals surface area contributed by atoms with Crippen molar-refractivity contribution >= 4 is 5.97 Å².